The molecule has 1 aromatic carbocycles. The Kier molecular flexibility index (Phi) is 6.29. The largest absolute Gasteiger partial charge is 0.347 e. The van der Waals surface area contributed by atoms with Gasteiger partial charge in [0.25, 0.3) is 0 Å². The number of unbranched alkanes of at least 4 members (excludes halogenated alkanes) is 2. The maximum atomic E-state index is 12.9. The Morgan fingerprint density at radius 1 is 1.24 bits per heavy atom. The van der Waals surface area contributed by atoms with Crippen LogP contribution in [0, 0.1) is 11.8 Å². The molecule has 0 bridgehead atoms. The molecule has 2 fully saturated rings. The van der Waals surface area contributed by atoms with Gasteiger partial charge in [-0.3, -0.25) is 4.79 Å². The molecule has 1 spiro atoms. The van der Waals surface area contributed by atoms with E-state index in [1.54, 1.807) is 0 Å². The van der Waals surface area contributed by atoms with E-state index in [-0.39, 0.29) is 17.8 Å². The standard InChI is InChI=1S/C22H32O3/c1-3-5-7-13-18-14-10-15-22(18)24-16-20(25-22)19(4-2)21(23)17-11-8-6-9-12-17/h6,8-9,11-12,18-20H,3-5,7,10,13-16H2,1-2H3. The van der Waals surface area contributed by atoms with Gasteiger partial charge in [-0.1, -0.05) is 63.4 Å². The summed E-state index contributed by atoms with van der Waals surface area (Å²) in [5.74, 6) is 0.157. The SMILES string of the molecule is CCCCCC1CCCC12OCC(C(CC)C(=O)c1ccccc1)O2. The number of hydrogen-bond donors (Lipinski definition) is 0. The third kappa shape index (κ3) is 3.98. The van der Waals surface area contributed by atoms with E-state index in [0.717, 1.165) is 18.4 Å². The molecule has 0 N–H and O–H groups in total. The Bertz CT molecular complexity index is 556. The van der Waals surface area contributed by atoms with Gasteiger partial charge in [-0.05, 0) is 25.7 Å². The Hall–Kier alpha value is -1.19. The van der Waals surface area contributed by atoms with Gasteiger partial charge in [-0.15, -0.1) is 0 Å². The summed E-state index contributed by atoms with van der Waals surface area (Å²) in [6.07, 6.45) is 8.99. The second-order valence-electron chi connectivity index (χ2n) is 7.61. The lowest BCUT2D eigenvalue weighted by atomic mass is 9.90. The first kappa shape index (κ1) is 18.6. The molecule has 1 saturated heterocycles. The highest BCUT2D eigenvalue weighted by Crippen LogP contribution is 2.47. The van der Waals surface area contributed by atoms with E-state index in [9.17, 15) is 4.79 Å². The molecular formula is C22H32O3. The summed E-state index contributed by atoms with van der Waals surface area (Å²) in [4.78, 5) is 12.9. The second-order valence-corrected chi connectivity index (χ2v) is 7.61. The van der Waals surface area contributed by atoms with Crippen molar-refractivity contribution in [1.82, 2.24) is 0 Å². The Balaban J connectivity index is 1.67. The van der Waals surface area contributed by atoms with Crippen LogP contribution in [0.15, 0.2) is 30.3 Å². The summed E-state index contributed by atoms with van der Waals surface area (Å²) in [5.41, 5.74) is 0.782. The van der Waals surface area contributed by atoms with Crippen molar-refractivity contribution in [2.75, 3.05) is 6.61 Å². The number of carbonyl (C=O) groups excluding carboxylic acids is 1. The van der Waals surface area contributed by atoms with Gasteiger partial charge in [0.15, 0.2) is 11.6 Å². The molecule has 2 aliphatic rings. The molecule has 1 aromatic rings. The summed E-state index contributed by atoms with van der Waals surface area (Å²) in [6, 6.07) is 9.60. The zero-order valence-corrected chi connectivity index (χ0v) is 15.7. The van der Waals surface area contributed by atoms with Gasteiger partial charge >= 0.3 is 0 Å². The van der Waals surface area contributed by atoms with Crippen LogP contribution in [-0.2, 0) is 9.47 Å². The van der Waals surface area contributed by atoms with E-state index in [1.807, 2.05) is 30.3 Å². The molecule has 138 valence electrons. The van der Waals surface area contributed by atoms with E-state index in [1.165, 1.54) is 38.5 Å². The van der Waals surface area contributed by atoms with Gasteiger partial charge < -0.3 is 9.47 Å². The smallest absolute Gasteiger partial charge is 0.171 e. The van der Waals surface area contributed by atoms with Gasteiger partial charge in [-0.25, -0.2) is 0 Å². The molecule has 1 aliphatic heterocycles. The number of Topliss-reactive ketones (excluding diaryl/α,β-unsaturated/α-hetero) is 1. The lowest BCUT2D eigenvalue weighted by Crippen LogP contribution is -2.37. The van der Waals surface area contributed by atoms with Crippen LogP contribution in [0.1, 0.15) is 75.6 Å². The number of ketones is 1. The van der Waals surface area contributed by atoms with Gasteiger partial charge in [0.05, 0.1) is 18.6 Å². The summed E-state index contributed by atoms with van der Waals surface area (Å²) in [6.45, 7) is 4.87. The lowest BCUT2D eigenvalue weighted by Gasteiger charge is -2.31. The van der Waals surface area contributed by atoms with Crippen LogP contribution in [0.2, 0.25) is 0 Å². The average molecular weight is 344 g/mol. The fourth-order valence-electron chi connectivity index (χ4n) is 4.55. The van der Waals surface area contributed by atoms with E-state index in [2.05, 4.69) is 13.8 Å². The van der Waals surface area contributed by atoms with Gasteiger partial charge in [0.1, 0.15) is 0 Å². The van der Waals surface area contributed by atoms with E-state index in [4.69, 9.17) is 9.47 Å². The maximum absolute atomic E-state index is 12.9. The summed E-state index contributed by atoms with van der Waals surface area (Å²) >= 11 is 0. The highest BCUT2D eigenvalue weighted by Gasteiger charge is 2.52. The molecule has 0 radical (unpaired) electrons. The number of carbonyl (C=O) groups is 1. The predicted molar refractivity (Wildman–Crippen MR) is 99.6 cm³/mol. The normalized spacial score (nSPS) is 30.0. The van der Waals surface area contributed by atoms with Crippen molar-refractivity contribution >= 4 is 5.78 Å². The zero-order valence-electron chi connectivity index (χ0n) is 15.7. The molecule has 4 atom stereocenters. The molecule has 0 amide bonds. The Labute approximate surface area is 152 Å². The molecule has 0 aromatic heterocycles. The number of rotatable bonds is 8. The molecular weight excluding hydrogens is 312 g/mol. The maximum Gasteiger partial charge on any atom is 0.171 e. The molecule has 3 heteroatoms. The van der Waals surface area contributed by atoms with Crippen molar-refractivity contribution < 1.29 is 14.3 Å². The monoisotopic (exact) mass is 344 g/mol. The quantitative estimate of drug-likeness (QED) is 0.469. The highest BCUT2D eigenvalue weighted by molar-refractivity contribution is 5.98. The van der Waals surface area contributed by atoms with Crippen molar-refractivity contribution in [2.45, 2.75) is 77.1 Å². The number of benzene rings is 1. The van der Waals surface area contributed by atoms with Crippen LogP contribution in [-0.4, -0.2) is 24.3 Å². The lowest BCUT2D eigenvalue weighted by molar-refractivity contribution is -0.195. The van der Waals surface area contributed by atoms with Crippen LogP contribution in [0.3, 0.4) is 0 Å². The van der Waals surface area contributed by atoms with Gasteiger partial charge in [-0.2, -0.15) is 0 Å². The summed E-state index contributed by atoms with van der Waals surface area (Å²) in [7, 11) is 0. The molecule has 1 aliphatic carbocycles. The predicted octanol–water partition coefficient (Wildman–Crippen LogP) is 5.39. The molecule has 3 rings (SSSR count). The molecule has 3 nitrogen and oxygen atoms in total. The van der Waals surface area contributed by atoms with E-state index in [0.29, 0.717) is 12.5 Å². The summed E-state index contributed by atoms with van der Waals surface area (Å²) in [5, 5.41) is 0. The van der Waals surface area contributed by atoms with Crippen molar-refractivity contribution in [3.63, 3.8) is 0 Å². The van der Waals surface area contributed by atoms with Crippen molar-refractivity contribution in [3.8, 4) is 0 Å². The molecule has 4 unspecified atom stereocenters. The van der Waals surface area contributed by atoms with Crippen LogP contribution in [0.4, 0.5) is 0 Å². The Morgan fingerprint density at radius 3 is 2.76 bits per heavy atom. The van der Waals surface area contributed by atoms with Crippen LogP contribution in [0.25, 0.3) is 0 Å². The van der Waals surface area contributed by atoms with Gasteiger partial charge in [0.2, 0.25) is 0 Å². The summed E-state index contributed by atoms with van der Waals surface area (Å²) < 4.78 is 12.8. The third-order valence-corrected chi connectivity index (χ3v) is 5.98. The average Bonchev–Trinajstić information content (AvgIpc) is 3.24. The van der Waals surface area contributed by atoms with E-state index >= 15 is 0 Å². The second kappa shape index (κ2) is 8.46. The first-order chi connectivity index (χ1) is 12.2. The van der Waals surface area contributed by atoms with Crippen molar-refractivity contribution in [2.24, 2.45) is 11.8 Å². The Morgan fingerprint density at radius 2 is 2.04 bits per heavy atom. The van der Waals surface area contributed by atoms with Crippen LogP contribution < -0.4 is 0 Å². The molecule has 1 heterocycles. The minimum atomic E-state index is -0.414. The molecule has 25 heavy (non-hydrogen) atoms. The number of hydrogen-bond acceptors (Lipinski definition) is 3. The minimum absolute atomic E-state index is 0.107. The first-order valence-electron chi connectivity index (χ1n) is 10.1. The van der Waals surface area contributed by atoms with Crippen LogP contribution in [0.5, 0.6) is 0 Å². The topological polar surface area (TPSA) is 35.5 Å². The van der Waals surface area contributed by atoms with Gasteiger partial charge in [0, 0.05) is 17.9 Å². The third-order valence-electron chi connectivity index (χ3n) is 5.98. The highest BCUT2D eigenvalue weighted by atomic mass is 16.7. The number of ether oxygens (including phenoxy) is 2. The van der Waals surface area contributed by atoms with Crippen molar-refractivity contribution in [1.29, 1.82) is 0 Å². The fourth-order valence-corrected chi connectivity index (χ4v) is 4.55. The first-order valence-corrected chi connectivity index (χ1v) is 10.1. The van der Waals surface area contributed by atoms with Crippen molar-refractivity contribution in [3.05, 3.63) is 35.9 Å². The van der Waals surface area contributed by atoms with Crippen LogP contribution >= 0.6 is 0 Å². The fraction of sp³-hybridized carbons (Fsp3) is 0.682. The minimum Gasteiger partial charge on any atom is -0.347 e. The zero-order chi connectivity index (χ0) is 17.7. The molecule has 1 saturated carbocycles. The van der Waals surface area contributed by atoms with E-state index < -0.39 is 5.79 Å².